The topological polar surface area (TPSA) is 89.3 Å². The van der Waals surface area contributed by atoms with Gasteiger partial charge >= 0.3 is 0 Å². The van der Waals surface area contributed by atoms with Crippen molar-refractivity contribution in [3.63, 3.8) is 0 Å². The third kappa shape index (κ3) is 3.42. The second-order valence-corrected chi connectivity index (χ2v) is 9.11. The van der Waals surface area contributed by atoms with Crippen LogP contribution in [0.15, 0.2) is 51.8 Å². The molecule has 3 aromatic rings. The number of aromatic nitrogens is 1. The molecule has 0 atom stereocenters. The van der Waals surface area contributed by atoms with Crippen molar-refractivity contribution in [2.45, 2.75) is 29.9 Å². The summed E-state index contributed by atoms with van der Waals surface area (Å²) in [6.45, 7) is 0. The molecule has 1 amide bonds. The predicted octanol–water partition coefficient (Wildman–Crippen LogP) is 3.45. The van der Waals surface area contributed by atoms with Crippen molar-refractivity contribution in [1.82, 2.24) is 4.98 Å². The Hall–Kier alpha value is -2.45. The highest BCUT2D eigenvalue weighted by atomic mass is 32.2. The number of anilines is 1. The van der Waals surface area contributed by atoms with Crippen molar-refractivity contribution < 1.29 is 17.6 Å². The SMILES string of the molecule is O=C(Nc1nc2c(s1)CCC2)c1ccc(CS(=O)(=O)c2ccccc2)o1. The number of aryl methyl sites for hydroxylation is 2. The number of carbonyl (C=O) groups excluding carboxylic acids is 1. The molecule has 0 radical (unpaired) electrons. The fourth-order valence-electron chi connectivity index (χ4n) is 2.88. The predicted molar refractivity (Wildman–Crippen MR) is 98.1 cm³/mol. The van der Waals surface area contributed by atoms with Gasteiger partial charge in [-0.15, -0.1) is 11.3 Å². The summed E-state index contributed by atoms with van der Waals surface area (Å²) in [7, 11) is -3.52. The molecule has 0 saturated heterocycles. The molecule has 0 spiro atoms. The maximum atomic E-state index is 12.4. The van der Waals surface area contributed by atoms with Gasteiger partial charge in [0.15, 0.2) is 20.7 Å². The van der Waals surface area contributed by atoms with Crippen molar-refractivity contribution in [2.75, 3.05) is 5.32 Å². The highest BCUT2D eigenvalue weighted by molar-refractivity contribution is 7.90. The van der Waals surface area contributed by atoms with Gasteiger partial charge in [0.05, 0.1) is 10.6 Å². The molecular weight excluding hydrogens is 372 g/mol. The van der Waals surface area contributed by atoms with E-state index in [0.29, 0.717) is 5.13 Å². The van der Waals surface area contributed by atoms with Crippen LogP contribution >= 0.6 is 11.3 Å². The van der Waals surface area contributed by atoms with E-state index in [9.17, 15) is 13.2 Å². The quantitative estimate of drug-likeness (QED) is 0.723. The van der Waals surface area contributed by atoms with Crippen molar-refractivity contribution in [2.24, 2.45) is 0 Å². The third-order valence-electron chi connectivity index (χ3n) is 4.14. The van der Waals surface area contributed by atoms with E-state index in [1.165, 1.54) is 40.5 Å². The number of thiazole rings is 1. The van der Waals surface area contributed by atoms with Crippen LogP contribution in [0, 0.1) is 0 Å². The average Bonchev–Trinajstić information content (AvgIpc) is 3.31. The molecule has 134 valence electrons. The van der Waals surface area contributed by atoms with Crippen LogP contribution in [-0.4, -0.2) is 19.3 Å². The lowest BCUT2D eigenvalue weighted by atomic mass is 10.4. The minimum Gasteiger partial charge on any atom is -0.455 e. The number of amides is 1. The second-order valence-electron chi connectivity index (χ2n) is 6.03. The molecule has 6 nitrogen and oxygen atoms in total. The van der Waals surface area contributed by atoms with Gasteiger partial charge in [-0.3, -0.25) is 10.1 Å². The molecule has 26 heavy (non-hydrogen) atoms. The molecule has 0 unspecified atom stereocenters. The van der Waals surface area contributed by atoms with Crippen LogP contribution in [0.25, 0.3) is 0 Å². The van der Waals surface area contributed by atoms with E-state index in [1.54, 1.807) is 18.2 Å². The standard InChI is InChI=1S/C18H16N2O4S2/c21-17(20-18-19-14-7-4-8-16(14)25-18)15-10-9-12(24-15)11-26(22,23)13-5-2-1-3-6-13/h1-3,5-6,9-10H,4,7-8,11H2,(H,19,20,21). The van der Waals surface area contributed by atoms with Gasteiger partial charge < -0.3 is 4.42 Å². The number of nitrogens with zero attached hydrogens (tertiary/aromatic N) is 1. The van der Waals surface area contributed by atoms with E-state index in [0.717, 1.165) is 25.0 Å². The number of carbonyl (C=O) groups is 1. The molecule has 4 rings (SSSR count). The first-order valence-electron chi connectivity index (χ1n) is 8.18. The Morgan fingerprint density at radius 3 is 2.73 bits per heavy atom. The summed E-state index contributed by atoms with van der Waals surface area (Å²) in [5.74, 6) is -0.435. The lowest BCUT2D eigenvalue weighted by molar-refractivity contribution is 0.0995. The zero-order valence-electron chi connectivity index (χ0n) is 13.8. The number of furan rings is 1. The number of hydrogen-bond donors (Lipinski definition) is 1. The Bertz CT molecular complexity index is 1030. The van der Waals surface area contributed by atoms with Crippen molar-refractivity contribution in [3.05, 3.63) is 64.6 Å². The van der Waals surface area contributed by atoms with Gasteiger partial charge in [0.1, 0.15) is 11.5 Å². The Labute approximate surface area is 154 Å². The fourth-order valence-corrected chi connectivity index (χ4v) is 5.19. The first kappa shape index (κ1) is 17.0. The van der Waals surface area contributed by atoms with E-state index in [1.807, 2.05) is 0 Å². The molecule has 8 heteroatoms. The van der Waals surface area contributed by atoms with Gasteiger partial charge in [0.25, 0.3) is 5.91 Å². The van der Waals surface area contributed by atoms with Gasteiger partial charge in [-0.2, -0.15) is 0 Å². The van der Waals surface area contributed by atoms with Gasteiger partial charge in [-0.1, -0.05) is 18.2 Å². The molecule has 1 aliphatic carbocycles. The zero-order chi connectivity index (χ0) is 18.1. The Morgan fingerprint density at radius 2 is 1.96 bits per heavy atom. The minimum atomic E-state index is -3.52. The highest BCUT2D eigenvalue weighted by Gasteiger charge is 2.21. The van der Waals surface area contributed by atoms with Crippen molar-refractivity contribution >= 4 is 32.2 Å². The number of nitrogens with one attached hydrogen (secondary N) is 1. The third-order valence-corrected chi connectivity index (χ3v) is 6.86. The smallest absolute Gasteiger partial charge is 0.293 e. The lowest BCUT2D eigenvalue weighted by Gasteiger charge is -2.02. The molecule has 2 heterocycles. The molecule has 1 N–H and O–H groups in total. The molecule has 0 saturated carbocycles. The number of fused-ring (bicyclic) bond motifs is 1. The Morgan fingerprint density at radius 1 is 1.15 bits per heavy atom. The summed E-state index contributed by atoms with van der Waals surface area (Å²) in [6, 6.07) is 11.1. The minimum absolute atomic E-state index is 0.0682. The van der Waals surface area contributed by atoms with E-state index in [4.69, 9.17) is 4.42 Å². The van der Waals surface area contributed by atoms with Crippen LogP contribution in [0.4, 0.5) is 5.13 Å². The maximum absolute atomic E-state index is 12.4. The molecule has 0 aliphatic heterocycles. The van der Waals surface area contributed by atoms with E-state index in [2.05, 4.69) is 10.3 Å². The number of rotatable bonds is 5. The normalized spacial score (nSPS) is 13.5. The lowest BCUT2D eigenvalue weighted by Crippen LogP contribution is -2.11. The number of benzene rings is 1. The van der Waals surface area contributed by atoms with Crippen LogP contribution in [0.3, 0.4) is 0 Å². The van der Waals surface area contributed by atoms with Crippen LogP contribution < -0.4 is 5.32 Å². The largest absolute Gasteiger partial charge is 0.455 e. The van der Waals surface area contributed by atoms with Crippen molar-refractivity contribution in [3.8, 4) is 0 Å². The Kier molecular flexibility index (Phi) is 4.37. The summed E-state index contributed by atoms with van der Waals surface area (Å²) in [5.41, 5.74) is 1.05. The summed E-state index contributed by atoms with van der Waals surface area (Å²) in [4.78, 5) is 18.2. The maximum Gasteiger partial charge on any atom is 0.293 e. The van der Waals surface area contributed by atoms with E-state index >= 15 is 0 Å². The van der Waals surface area contributed by atoms with Gasteiger partial charge in [0, 0.05) is 4.88 Å². The molecule has 1 aliphatic rings. The van der Waals surface area contributed by atoms with Crippen LogP contribution in [0.2, 0.25) is 0 Å². The molecule has 0 fully saturated rings. The zero-order valence-corrected chi connectivity index (χ0v) is 15.4. The highest BCUT2D eigenvalue weighted by Crippen LogP contribution is 2.30. The molecule has 2 aromatic heterocycles. The first-order valence-corrected chi connectivity index (χ1v) is 10.6. The summed E-state index contributed by atoms with van der Waals surface area (Å²) < 4.78 is 30.2. The Balaban J connectivity index is 1.46. The van der Waals surface area contributed by atoms with E-state index < -0.39 is 15.7 Å². The van der Waals surface area contributed by atoms with Crippen LogP contribution in [0.1, 0.15) is 33.3 Å². The summed E-state index contributed by atoms with van der Waals surface area (Å²) in [5, 5.41) is 3.27. The molecule has 1 aromatic carbocycles. The second kappa shape index (κ2) is 6.69. The van der Waals surface area contributed by atoms with E-state index in [-0.39, 0.29) is 22.2 Å². The van der Waals surface area contributed by atoms with Crippen molar-refractivity contribution in [1.29, 1.82) is 0 Å². The van der Waals surface area contributed by atoms with Gasteiger partial charge in [-0.25, -0.2) is 13.4 Å². The average molecular weight is 388 g/mol. The molecular formula is C18H16N2O4S2. The molecule has 0 bridgehead atoms. The summed E-state index contributed by atoms with van der Waals surface area (Å²) in [6.07, 6.45) is 3.06. The van der Waals surface area contributed by atoms with Crippen LogP contribution in [-0.2, 0) is 28.4 Å². The number of hydrogen-bond acceptors (Lipinski definition) is 6. The van der Waals surface area contributed by atoms with Crippen LogP contribution in [0.5, 0.6) is 0 Å². The first-order chi connectivity index (χ1) is 12.5. The summed E-state index contributed by atoms with van der Waals surface area (Å²) >= 11 is 1.48. The van der Waals surface area contributed by atoms with Gasteiger partial charge in [0.2, 0.25) is 0 Å². The van der Waals surface area contributed by atoms with Gasteiger partial charge in [-0.05, 0) is 43.5 Å². The monoisotopic (exact) mass is 388 g/mol. The number of sulfone groups is 1. The fraction of sp³-hybridized carbons (Fsp3) is 0.222.